The van der Waals surface area contributed by atoms with E-state index in [2.05, 4.69) is 5.32 Å². The van der Waals surface area contributed by atoms with E-state index in [9.17, 15) is 9.59 Å². The zero-order chi connectivity index (χ0) is 17.7. The maximum Gasteiger partial charge on any atom is 0.231 e. The van der Waals surface area contributed by atoms with Gasteiger partial charge in [-0.25, -0.2) is 0 Å². The Labute approximate surface area is 155 Å². The first kappa shape index (κ1) is 21.3. The predicted molar refractivity (Wildman–Crippen MR) is 103 cm³/mol. The number of amides is 2. The Morgan fingerprint density at radius 3 is 2.52 bits per heavy atom. The first-order valence-corrected chi connectivity index (χ1v) is 8.51. The third-order valence-electron chi connectivity index (χ3n) is 5.03. The van der Waals surface area contributed by atoms with Gasteiger partial charge in [0.15, 0.2) is 0 Å². The van der Waals surface area contributed by atoms with E-state index in [0.717, 1.165) is 6.42 Å². The fraction of sp³-hybridized carbons (Fsp3) is 0.556. The Kier molecular flexibility index (Phi) is 7.70. The second-order valence-electron chi connectivity index (χ2n) is 6.18. The molecule has 1 aromatic rings. The van der Waals surface area contributed by atoms with Crippen LogP contribution in [0, 0.1) is 5.41 Å². The molecule has 1 aliphatic heterocycles. The van der Waals surface area contributed by atoms with Crippen molar-refractivity contribution in [2.45, 2.75) is 39.5 Å². The SMILES string of the molecule is CCC(CC)(CN)C(=O)Nc1ccc(OC)c(N2CCCC2=O)c1.Cl. The number of nitrogens with zero attached hydrogens (tertiary/aromatic N) is 1. The number of rotatable bonds is 7. The van der Waals surface area contributed by atoms with Crippen LogP contribution >= 0.6 is 12.4 Å². The topological polar surface area (TPSA) is 84.7 Å². The van der Waals surface area contributed by atoms with Crippen molar-refractivity contribution < 1.29 is 14.3 Å². The molecule has 0 aromatic heterocycles. The van der Waals surface area contributed by atoms with Crippen LogP contribution in [0.1, 0.15) is 39.5 Å². The summed E-state index contributed by atoms with van der Waals surface area (Å²) in [4.78, 5) is 26.4. The molecule has 1 fully saturated rings. The molecule has 0 atom stereocenters. The van der Waals surface area contributed by atoms with Gasteiger partial charge in [0, 0.05) is 25.2 Å². The number of nitrogens with one attached hydrogen (secondary N) is 1. The molecule has 3 N–H and O–H groups in total. The van der Waals surface area contributed by atoms with Gasteiger partial charge in [0.2, 0.25) is 11.8 Å². The van der Waals surface area contributed by atoms with Crippen LogP contribution in [0.3, 0.4) is 0 Å². The van der Waals surface area contributed by atoms with Crippen LogP contribution in [-0.2, 0) is 9.59 Å². The first-order valence-electron chi connectivity index (χ1n) is 8.51. The van der Waals surface area contributed by atoms with Gasteiger partial charge in [0.1, 0.15) is 5.75 Å². The number of carbonyl (C=O) groups excluding carboxylic acids is 2. The van der Waals surface area contributed by atoms with Crippen LogP contribution in [0.5, 0.6) is 5.75 Å². The van der Waals surface area contributed by atoms with Gasteiger partial charge < -0.3 is 20.7 Å². The maximum absolute atomic E-state index is 12.7. The van der Waals surface area contributed by atoms with Gasteiger partial charge in [0.05, 0.1) is 18.2 Å². The van der Waals surface area contributed by atoms with Crippen molar-refractivity contribution >= 4 is 35.6 Å². The number of ether oxygens (including phenoxy) is 1. The van der Waals surface area contributed by atoms with E-state index in [4.69, 9.17) is 10.5 Å². The van der Waals surface area contributed by atoms with E-state index >= 15 is 0 Å². The molecular weight excluding hydrogens is 342 g/mol. The van der Waals surface area contributed by atoms with Crippen molar-refractivity contribution in [3.63, 3.8) is 0 Å². The monoisotopic (exact) mass is 369 g/mol. The number of nitrogens with two attached hydrogens (primary N) is 1. The summed E-state index contributed by atoms with van der Waals surface area (Å²) in [7, 11) is 1.57. The molecule has 0 unspecified atom stereocenters. The second-order valence-corrected chi connectivity index (χ2v) is 6.18. The van der Waals surface area contributed by atoms with Crippen molar-refractivity contribution in [1.29, 1.82) is 0 Å². The van der Waals surface area contributed by atoms with Gasteiger partial charge in [-0.15, -0.1) is 12.4 Å². The summed E-state index contributed by atoms with van der Waals surface area (Å²) in [5, 5.41) is 2.95. The number of carbonyl (C=O) groups is 2. The summed E-state index contributed by atoms with van der Waals surface area (Å²) in [5.41, 5.74) is 6.62. The predicted octanol–water partition coefficient (Wildman–Crippen LogP) is 2.95. The Hall–Kier alpha value is -1.79. The number of methoxy groups -OCH3 is 1. The minimum atomic E-state index is -0.566. The molecule has 0 saturated carbocycles. The molecule has 7 heteroatoms. The lowest BCUT2D eigenvalue weighted by molar-refractivity contribution is -0.125. The van der Waals surface area contributed by atoms with Crippen molar-refractivity contribution in [3.8, 4) is 5.75 Å². The Balaban J connectivity index is 0.00000312. The maximum atomic E-state index is 12.7. The molecule has 1 saturated heterocycles. The highest BCUT2D eigenvalue weighted by Crippen LogP contribution is 2.35. The summed E-state index contributed by atoms with van der Waals surface area (Å²) in [6.45, 7) is 4.92. The van der Waals surface area contributed by atoms with Crippen molar-refractivity contribution in [2.24, 2.45) is 11.1 Å². The van der Waals surface area contributed by atoms with Gasteiger partial charge in [-0.1, -0.05) is 13.8 Å². The molecule has 25 heavy (non-hydrogen) atoms. The molecule has 140 valence electrons. The number of hydrogen-bond acceptors (Lipinski definition) is 4. The molecule has 1 aliphatic rings. The van der Waals surface area contributed by atoms with Gasteiger partial charge in [-0.05, 0) is 37.5 Å². The van der Waals surface area contributed by atoms with Gasteiger partial charge in [0.25, 0.3) is 0 Å². The fourth-order valence-corrected chi connectivity index (χ4v) is 3.10. The molecule has 0 bridgehead atoms. The summed E-state index contributed by atoms with van der Waals surface area (Å²) in [5.74, 6) is 0.619. The van der Waals surface area contributed by atoms with Gasteiger partial charge >= 0.3 is 0 Å². The molecule has 1 heterocycles. The minimum Gasteiger partial charge on any atom is -0.495 e. The Bertz CT molecular complexity index is 609. The highest BCUT2D eigenvalue weighted by Gasteiger charge is 2.33. The highest BCUT2D eigenvalue weighted by molar-refractivity contribution is 5.99. The molecule has 1 aromatic carbocycles. The van der Waals surface area contributed by atoms with Crippen LogP contribution in [0.15, 0.2) is 18.2 Å². The normalized spacial score (nSPS) is 14.2. The Morgan fingerprint density at radius 2 is 2.04 bits per heavy atom. The van der Waals surface area contributed by atoms with Gasteiger partial charge in [-0.2, -0.15) is 0 Å². The third-order valence-corrected chi connectivity index (χ3v) is 5.03. The second kappa shape index (κ2) is 9.06. The van der Waals surface area contributed by atoms with E-state index in [1.807, 2.05) is 13.8 Å². The van der Waals surface area contributed by atoms with Crippen molar-refractivity contribution in [3.05, 3.63) is 18.2 Å². The number of anilines is 2. The quantitative estimate of drug-likeness (QED) is 0.773. The molecule has 6 nitrogen and oxygen atoms in total. The zero-order valence-corrected chi connectivity index (χ0v) is 15.9. The van der Waals surface area contributed by atoms with Crippen LogP contribution in [-0.4, -0.2) is 32.0 Å². The van der Waals surface area contributed by atoms with E-state index in [1.54, 1.807) is 30.2 Å². The van der Waals surface area contributed by atoms with E-state index in [1.165, 1.54) is 0 Å². The van der Waals surface area contributed by atoms with E-state index in [0.29, 0.717) is 49.5 Å². The third kappa shape index (κ3) is 4.25. The average Bonchev–Trinajstić information content (AvgIpc) is 3.03. The molecule has 0 spiro atoms. The Morgan fingerprint density at radius 1 is 1.36 bits per heavy atom. The summed E-state index contributed by atoms with van der Waals surface area (Å²) >= 11 is 0. The van der Waals surface area contributed by atoms with E-state index in [-0.39, 0.29) is 24.2 Å². The fourth-order valence-electron chi connectivity index (χ4n) is 3.10. The minimum absolute atomic E-state index is 0. The van der Waals surface area contributed by atoms with E-state index < -0.39 is 5.41 Å². The smallest absolute Gasteiger partial charge is 0.231 e. The van der Waals surface area contributed by atoms with Crippen molar-refractivity contribution in [1.82, 2.24) is 0 Å². The largest absolute Gasteiger partial charge is 0.495 e. The molecule has 0 radical (unpaired) electrons. The van der Waals surface area contributed by atoms with Crippen LogP contribution < -0.4 is 20.7 Å². The molecule has 2 rings (SSSR count). The average molecular weight is 370 g/mol. The lowest BCUT2D eigenvalue weighted by Crippen LogP contribution is -2.41. The number of halogens is 1. The molecular formula is C18H28ClN3O3. The van der Waals surface area contributed by atoms with Crippen LogP contribution in [0.4, 0.5) is 11.4 Å². The lowest BCUT2D eigenvalue weighted by atomic mass is 9.81. The molecule has 2 amide bonds. The standard InChI is InChI=1S/C18H27N3O3.ClH/c1-4-18(5-2,12-19)17(23)20-13-8-9-15(24-3)14(11-13)21-10-6-7-16(21)22;/h8-9,11H,4-7,10,12,19H2,1-3H3,(H,20,23);1H. The summed E-state index contributed by atoms with van der Waals surface area (Å²) < 4.78 is 5.37. The van der Waals surface area contributed by atoms with Gasteiger partial charge in [-0.3, -0.25) is 9.59 Å². The zero-order valence-electron chi connectivity index (χ0n) is 15.1. The first-order chi connectivity index (χ1) is 11.5. The molecule has 0 aliphatic carbocycles. The number of benzene rings is 1. The van der Waals surface area contributed by atoms with Crippen LogP contribution in [0.2, 0.25) is 0 Å². The highest BCUT2D eigenvalue weighted by atomic mass is 35.5. The number of hydrogen-bond donors (Lipinski definition) is 2. The van der Waals surface area contributed by atoms with Crippen molar-refractivity contribution in [2.75, 3.05) is 30.4 Å². The lowest BCUT2D eigenvalue weighted by Gasteiger charge is -2.29. The summed E-state index contributed by atoms with van der Waals surface area (Å²) in [6, 6.07) is 5.36. The van der Waals surface area contributed by atoms with Crippen LogP contribution in [0.25, 0.3) is 0 Å². The summed E-state index contributed by atoms with van der Waals surface area (Å²) in [6.07, 6.45) is 2.74.